The minimum Gasteiger partial charge on any atom is -0.423 e. The summed E-state index contributed by atoms with van der Waals surface area (Å²) in [5.41, 5.74) is 1.22. The molecular formula is C21H14ClNO5. The SMILES string of the molecule is Cc1cc(C(=O)c2ccccc2)ccc1OC(=O)c1ccc(Cl)c([N+](=O)[O-])c1. The van der Waals surface area contributed by atoms with Gasteiger partial charge in [-0.1, -0.05) is 41.9 Å². The molecule has 0 radical (unpaired) electrons. The predicted octanol–water partition coefficient (Wildman–Crippen LogP) is 5.01. The van der Waals surface area contributed by atoms with Gasteiger partial charge in [-0.2, -0.15) is 0 Å². The molecule has 3 rings (SSSR count). The van der Waals surface area contributed by atoms with Gasteiger partial charge in [0.2, 0.25) is 0 Å². The van der Waals surface area contributed by atoms with Crippen LogP contribution in [0.2, 0.25) is 5.02 Å². The van der Waals surface area contributed by atoms with Gasteiger partial charge in [-0.3, -0.25) is 14.9 Å². The number of hydrogen-bond donors (Lipinski definition) is 0. The number of hydrogen-bond acceptors (Lipinski definition) is 5. The zero-order valence-electron chi connectivity index (χ0n) is 14.7. The quantitative estimate of drug-likeness (QED) is 0.199. The number of benzene rings is 3. The van der Waals surface area contributed by atoms with Crippen LogP contribution in [0.15, 0.2) is 66.7 Å². The van der Waals surface area contributed by atoms with E-state index in [9.17, 15) is 19.7 Å². The molecule has 0 bridgehead atoms. The van der Waals surface area contributed by atoms with E-state index in [1.165, 1.54) is 18.2 Å². The summed E-state index contributed by atoms with van der Waals surface area (Å²) < 4.78 is 5.33. The Kier molecular flexibility index (Phi) is 5.52. The Labute approximate surface area is 165 Å². The summed E-state index contributed by atoms with van der Waals surface area (Å²) in [7, 11) is 0. The Morgan fingerprint density at radius 3 is 2.25 bits per heavy atom. The van der Waals surface area contributed by atoms with Crippen molar-refractivity contribution in [2.45, 2.75) is 6.92 Å². The average Bonchev–Trinajstić information content (AvgIpc) is 2.69. The Bertz CT molecular complexity index is 1080. The van der Waals surface area contributed by atoms with Crippen molar-refractivity contribution < 1.29 is 19.2 Å². The molecule has 0 N–H and O–H groups in total. The van der Waals surface area contributed by atoms with Crippen molar-refractivity contribution in [2.75, 3.05) is 0 Å². The third-order valence-corrected chi connectivity index (χ3v) is 4.37. The number of carbonyl (C=O) groups is 2. The highest BCUT2D eigenvalue weighted by molar-refractivity contribution is 6.32. The lowest BCUT2D eigenvalue weighted by Gasteiger charge is -2.09. The average molecular weight is 396 g/mol. The summed E-state index contributed by atoms with van der Waals surface area (Å²) >= 11 is 5.75. The van der Waals surface area contributed by atoms with Crippen LogP contribution >= 0.6 is 11.6 Å². The zero-order valence-corrected chi connectivity index (χ0v) is 15.5. The molecule has 0 amide bonds. The van der Waals surface area contributed by atoms with Gasteiger partial charge in [0.05, 0.1) is 10.5 Å². The first-order valence-electron chi connectivity index (χ1n) is 8.23. The van der Waals surface area contributed by atoms with Crippen molar-refractivity contribution in [3.63, 3.8) is 0 Å². The van der Waals surface area contributed by atoms with Crippen molar-refractivity contribution in [3.05, 3.63) is 104 Å². The van der Waals surface area contributed by atoms with E-state index in [1.807, 2.05) is 6.07 Å². The van der Waals surface area contributed by atoms with Gasteiger partial charge in [0.1, 0.15) is 10.8 Å². The monoisotopic (exact) mass is 395 g/mol. The number of nitrogens with zero attached hydrogens (tertiary/aromatic N) is 1. The smallest absolute Gasteiger partial charge is 0.343 e. The molecule has 0 atom stereocenters. The summed E-state index contributed by atoms with van der Waals surface area (Å²) in [6, 6.07) is 17.2. The number of aryl methyl sites for hydroxylation is 1. The number of esters is 1. The second-order valence-corrected chi connectivity index (χ2v) is 6.40. The molecule has 3 aromatic carbocycles. The maximum Gasteiger partial charge on any atom is 0.343 e. The van der Waals surface area contributed by atoms with Gasteiger partial charge in [-0.15, -0.1) is 0 Å². The summed E-state index contributed by atoms with van der Waals surface area (Å²) in [6.07, 6.45) is 0. The summed E-state index contributed by atoms with van der Waals surface area (Å²) in [5, 5.41) is 10.9. The minimum atomic E-state index is -0.759. The Morgan fingerprint density at radius 2 is 1.61 bits per heavy atom. The van der Waals surface area contributed by atoms with E-state index in [-0.39, 0.29) is 27.8 Å². The fourth-order valence-electron chi connectivity index (χ4n) is 2.60. The van der Waals surface area contributed by atoms with Crippen LogP contribution in [-0.2, 0) is 0 Å². The number of carbonyl (C=O) groups excluding carboxylic acids is 2. The van der Waals surface area contributed by atoms with Crippen LogP contribution in [0.4, 0.5) is 5.69 Å². The van der Waals surface area contributed by atoms with Crippen molar-refractivity contribution in [1.82, 2.24) is 0 Å². The molecule has 3 aromatic rings. The normalized spacial score (nSPS) is 10.4. The summed E-state index contributed by atoms with van der Waals surface area (Å²) in [4.78, 5) is 35.1. The van der Waals surface area contributed by atoms with Crippen LogP contribution in [0.5, 0.6) is 5.75 Å². The zero-order chi connectivity index (χ0) is 20.3. The largest absolute Gasteiger partial charge is 0.423 e. The lowest BCUT2D eigenvalue weighted by atomic mass is 10.0. The number of rotatable bonds is 5. The van der Waals surface area contributed by atoms with Crippen LogP contribution < -0.4 is 4.74 Å². The molecule has 0 saturated carbocycles. The standard InChI is InChI=1S/C21H14ClNO5/c1-13-11-15(20(24)14-5-3-2-4-6-14)8-10-19(13)28-21(25)16-7-9-17(22)18(12-16)23(26)27/h2-12H,1H3. The van der Waals surface area contributed by atoms with Crippen molar-refractivity contribution >= 4 is 29.0 Å². The lowest BCUT2D eigenvalue weighted by molar-refractivity contribution is -0.384. The molecule has 0 fully saturated rings. The predicted molar refractivity (Wildman–Crippen MR) is 104 cm³/mol. The van der Waals surface area contributed by atoms with E-state index >= 15 is 0 Å². The van der Waals surface area contributed by atoms with Crippen molar-refractivity contribution in [1.29, 1.82) is 0 Å². The summed E-state index contributed by atoms with van der Waals surface area (Å²) in [5.74, 6) is -0.646. The Morgan fingerprint density at radius 1 is 0.929 bits per heavy atom. The first kappa shape index (κ1) is 19.3. The Hall–Kier alpha value is -3.51. The number of ether oxygens (including phenoxy) is 1. The maximum atomic E-state index is 12.5. The maximum absolute atomic E-state index is 12.5. The van der Waals surface area contributed by atoms with Gasteiger partial charge in [0.15, 0.2) is 5.78 Å². The van der Waals surface area contributed by atoms with E-state index in [1.54, 1.807) is 43.3 Å². The van der Waals surface area contributed by atoms with Crippen LogP contribution in [0.25, 0.3) is 0 Å². The van der Waals surface area contributed by atoms with Crippen LogP contribution in [0, 0.1) is 17.0 Å². The molecule has 0 aliphatic rings. The summed E-state index contributed by atoms with van der Waals surface area (Å²) in [6.45, 7) is 1.70. The van der Waals surface area contributed by atoms with Gasteiger partial charge in [-0.05, 0) is 42.8 Å². The number of nitro benzene ring substituents is 1. The highest BCUT2D eigenvalue weighted by atomic mass is 35.5. The van der Waals surface area contributed by atoms with Crippen molar-refractivity contribution in [3.8, 4) is 5.75 Å². The molecule has 28 heavy (non-hydrogen) atoms. The van der Waals surface area contributed by atoms with Gasteiger partial charge in [0.25, 0.3) is 5.69 Å². The molecule has 140 valence electrons. The molecule has 0 saturated heterocycles. The molecule has 0 aliphatic carbocycles. The van der Waals surface area contributed by atoms with Gasteiger partial charge < -0.3 is 4.74 Å². The van der Waals surface area contributed by atoms with Gasteiger partial charge >= 0.3 is 5.97 Å². The third-order valence-electron chi connectivity index (χ3n) is 4.05. The fraction of sp³-hybridized carbons (Fsp3) is 0.0476. The highest BCUT2D eigenvalue weighted by Crippen LogP contribution is 2.27. The van der Waals surface area contributed by atoms with Gasteiger partial charge in [0, 0.05) is 17.2 Å². The molecule has 0 aromatic heterocycles. The molecule has 7 heteroatoms. The van der Waals surface area contributed by atoms with Crippen LogP contribution in [0.1, 0.15) is 31.8 Å². The van der Waals surface area contributed by atoms with Crippen LogP contribution in [0.3, 0.4) is 0 Å². The number of halogens is 1. The lowest BCUT2D eigenvalue weighted by Crippen LogP contribution is -2.10. The molecule has 6 nitrogen and oxygen atoms in total. The molecule has 0 heterocycles. The van der Waals surface area contributed by atoms with E-state index in [0.29, 0.717) is 16.7 Å². The van der Waals surface area contributed by atoms with E-state index in [4.69, 9.17) is 16.3 Å². The second-order valence-electron chi connectivity index (χ2n) is 5.99. The van der Waals surface area contributed by atoms with E-state index in [0.717, 1.165) is 6.07 Å². The Balaban J connectivity index is 1.82. The van der Waals surface area contributed by atoms with Crippen molar-refractivity contribution in [2.24, 2.45) is 0 Å². The third kappa shape index (κ3) is 4.07. The van der Waals surface area contributed by atoms with E-state index < -0.39 is 10.9 Å². The number of nitro groups is 1. The second kappa shape index (κ2) is 8.02. The first-order chi connectivity index (χ1) is 13.4. The van der Waals surface area contributed by atoms with Crippen LogP contribution in [-0.4, -0.2) is 16.7 Å². The van der Waals surface area contributed by atoms with E-state index in [2.05, 4.69) is 0 Å². The molecule has 0 unspecified atom stereocenters. The highest BCUT2D eigenvalue weighted by Gasteiger charge is 2.19. The number of ketones is 1. The van der Waals surface area contributed by atoms with Gasteiger partial charge in [-0.25, -0.2) is 4.79 Å². The molecule has 0 spiro atoms. The fourth-order valence-corrected chi connectivity index (χ4v) is 2.79. The minimum absolute atomic E-state index is 0.0000570. The topological polar surface area (TPSA) is 86.5 Å². The first-order valence-corrected chi connectivity index (χ1v) is 8.61. The molecule has 0 aliphatic heterocycles. The molecular weight excluding hydrogens is 382 g/mol.